The molecular formula is C13H24N4. The van der Waals surface area contributed by atoms with Crippen molar-refractivity contribution in [3.63, 3.8) is 0 Å². The molecule has 2 heterocycles. The summed E-state index contributed by atoms with van der Waals surface area (Å²) >= 11 is 0. The number of rotatable bonds is 5. The summed E-state index contributed by atoms with van der Waals surface area (Å²) < 4.78 is 1.89. The van der Waals surface area contributed by atoms with E-state index in [1.165, 1.54) is 31.5 Å². The molecule has 0 atom stereocenters. The van der Waals surface area contributed by atoms with Gasteiger partial charge in [-0.1, -0.05) is 6.92 Å². The SMILES string of the molecule is CCCN(Cc1ccn(C)n1)C1CCNCC1. The van der Waals surface area contributed by atoms with Gasteiger partial charge in [-0.3, -0.25) is 9.58 Å². The largest absolute Gasteiger partial charge is 0.317 e. The van der Waals surface area contributed by atoms with Gasteiger partial charge in [-0.05, 0) is 45.0 Å². The van der Waals surface area contributed by atoms with Crippen LogP contribution < -0.4 is 5.32 Å². The number of aromatic nitrogens is 2. The molecule has 0 aliphatic carbocycles. The van der Waals surface area contributed by atoms with Gasteiger partial charge in [0, 0.05) is 25.8 Å². The number of nitrogens with zero attached hydrogens (tertiary/aromatic N) is 3. The summed E-state index contributed by atoms with van der Waals surface area (Å²) in [5.74, 6) is 0. The number of hydrogen-bond donors (Lipinski definition) is 1. The monoisotopic (exact) mass is 236 g/mol. The lowest BCUT2D eigenvalue weighted by Crippen LogP contribution is -2.43. The van der Waals surface area contributed by atoms with E-state index in [1.807, 2.05) is 17.9 Å². The molecule has 17 heavy (non-hydrogen) atoms. The number of hydrogen-bond acceptors (Lipinski definition) is 3. The zero-order chi connectivity index (χ0) is 12.1. The van der Waals surface area contributed by atoms with Crippen LogP contribution in [-0.2, 0) is 13.6 Å². The molecule has 0 spiro atoms. The third-order valence-electron chi connectivity index (χ3n) is 3.47. The second-order valence-electron chi connectivity index (χ2n) is 4.93. The molecule has 2 rings (SSSR count). The fourth-order valence-electron chi connectivity index (χ4n) is 2.61. The first kappa shape index (κ1) is 12.6. The van der Waals surface area contributed by atoms with Gasteiger partial charge in [0.25, 0.3) is 0 Å². The molecule has 4 nitrogen and oxygen atoms in total. The lowest BCUT2D eigenvalue weighted by atomic mass is 10.0. The summed E-state index contributed by atoms with van der Waals surface area (Å²) in [7, 11) is 1.98. The van der Waals surface area contributed by atoms with E-state index in [4.69, 9.17) is 0 Å². The Morgan fingerprint density at radius 3 is 2.82 bits per heavy atom. The Hall–Kier alpha value is -0.870. The van der Waals surface area contributed by atoms with Gasteiger partial charge in [0.05, 0.1) is 5.69 Å². The van der Waals surface area contributed by atoms with E-state index in [0.717, 1.165) is 25.7 Å². The minimum absolute atomic E-state index is 0.734. The number of nitrogens with one attached hydrogen (secondary N) is 1. The lowest BCUT2D eigenvalue weighted by Gasteiger charge is -2.34. The quantitative estimate of drug-likeness (QED) is 0.838. The minimum Gasteiger partial charge on any atom is -0.317 e. The van der Waals surface area contributed by atoms with Gasteiger partial charge in [0.2, 0.25) is 0 Å². The van der Waals surface area contributed by atoms with Crippen molar-refractivity contribution >= 4 is 0 Å². The van der Waals surface area contributed by atoms with Crippen LogP contribution in [-0.4, -0.2) is 40.4 Å². The van der Waals surface area contributed by atoms with Crippen molar-refractivity contribution in [2.24, 2.45) is 7.05 Å². The molecule has 96 valence electrons. The molecule has 1 aromatic heterocycles. The van der Waals surface area contributed by atoms with Gasteiger partial charge in [-0.2, -0.15) is 5.10 Å². The van der Waals surface area contributed by atoms with Crippen molar-refractivity contribution in [1.82, 2.24) is 20.0 Å². The highest BCUT2D eigenvalue weighted by molar-refractivity contribution is 4.99. The topological polar surface area (TPSA) is 33.1 Å². The van der Waals surface area contributed by atoms with Crippen molar-refractivity contribution in [2.45, 2.75) is 38.8 Å². The van der Waals surface area contributed by atoms with Crippen LogP contribution in [0.25, 0.3) is 0 Å². The molecule has 4 heteroatoms. The van der Waals surface area contributed by atoms with Crippen molar-refractivity contribution in [2.75, 3.05) is 19.6 Å². The van der Waals surface area contributed by atoms with Crippen LogP contribution in [0.15, 0.2) is 12.3 Å². The Morgan fingerprint density at radius 2 is 2.24 bits per heavy atom. The predicted octanol–water partition coefficient (Wildman–Crippen LogP) is 1.38. The molecule has 1 aliphatic rings. The zero-order valence-corrected chi connectivity index (χ0v) is 11.0. The average molecular weight is 236 g/mol. The van der Waals surface area contributed by atoms with E-state index in [9.17, 15) is 0 Å². The van der Waals surface area contributed by atoms with Crippen LogP contribution in [0.2, 0.25) is 0 Å². The summed E-state index contributed by atoms with van der Waals surface area (Å²) in [4.78, 5) is 2.60. The van der Waals surface area contributed by atoms with Crippen LogP contribution in [0.4, 0.5) is 0 Å². The molecule has 0 unspecified atom stereocenters. The summed E-state index contributed by atoms with van der Waals surface area (Å²) in [5.41, 5.74) is 1.19. The van der Waals surface area contributed by atoms with Crippen LogP contribution in [0.5, 0.6) is 0 Å². The summed E-state index contributed by atoms with van der Waals surface area (Å²) in [6.07, 6.45) is 5.79. The Kier molecular flexibility index (Phi) is 4.57. The van der Waals surface area contributed by atoms with Gasteiger partial charge in [0.15, 0.2) is 0 Å². The maximum atomic E-state index is 4.49. The Balaban J connectivity index is 1.95. The molecule has 1 fully saturated rings. The van der Waals surface area contributed by atoms with Crippen molar-refractivity contribution in [3.8, 4) is 0 Å². The van der Waals surface area contributed by atoms with E-state index in [-0.39, 0.29) is 0 Å². The molecule has 1 N–H and O–H groups in total. The van der Waals surface area contributed by atoms with Crippen LogP contribution in [0.3, 0.4) is 0 Å². The summed E-state index contributed by atoms with van der Waals surface area (Å²) in [6.45, 7) is 6.76. The van der Waals surface area contributed by atoms with Gasteiger partial charge in [0.1, 0.15) is 0 Å². The Bertz CT molecular complexity index is 328. The number of piperidine rings is 1. The molecule has 0 aromatic carbocycles. The molecule has 0 radical (unpaired) electrons. The van der Waals surface area contributed by atoms with E-state index in [2.05, 4.69) is 28.3 Å². The second kappa shape index (κ2) is 6.17. The maximum Gasteiger partial charge on any atom is 0.0764 e. The molecule has 1 saturated heterocycles. The van der Waals surface area contributed by atoms with E-state index >= 15 is 0 Å². The van der Waals surface area contributed by atoms with Crippen LogP contribution >= 0.6 is 0 Å². The van der Waals surface area contributed by atoms with Gasteiger partial charge in [-0.15, -0.1) is 0 Å². The first-order valence-corrected chi connectivity index (χ1v) is 6.73. The van der Waals surface area contributed by atoms with Gasteiger partial charge in [-0.25, -0.2) is 0 Å². The first-order chi connectivity index (χ1) is 8.29. The van der Waals surface area contributed by atoms with E-state index in [1.54, 1.807) is 0 Å². The third-order valence-corrected chi connectivity index (χ3v) is 3.47. The Labute approximate surface area is 104 Å². The smallest absolute Gasteiger partial charge is 0.0764 e. The van der Waals surface area contributed by atoms with Gasteiger partial charge >= 0.3 is 0 Å². The summed E-state index contributed by atoms with van der Waals surface area (Å²) in [6, 6.07) is 2.86. The summed E-state index contributed by atoms with van der Waals surface area (Å²) in [5, 5.41) is 7.92. The van der Waals surface area contributed by atoms with Crippen molar-refractivity contribution in [3.05, 3.63) is 18.0 Å². The van der Waals surface area contributed by atoms with Crippen molar-refractivity contribution in [1.29, 1.82) is 0 Å². The Morgan fingerprint density at radius 1 is 1.47 bits per heavy atom. The van der Waals surface area contributed by atoms with Crippen LogP contribution in [0, 0.1) is 0 Å². The molecule has 0 saturated carbocycles. The number of aryl methyl sites for hydroxylation is 1. The fraction of sp³-hybridized carbons (Fsp3) is 0.769. The van der Waals surface area contributed by atoms with E-state index in [0.29, 0.717) is 0 Å². The lowest BCUT2D eigenvalue weighted by molar-refractivity contribution is 0.152. The molecule has 1 aromatic rings. The van der Waals surface area contributed by atoms with Crippen molar-refractivity contribution < 1.29 is 0 Å². The normalized spacial score (nSPS) is 17.8. The highest BCUT2D eigenvalue weighted by Crippen LogP contribution is 2.15. The van der Waals surface area contributed by atoms with Crippen LogP contribution in [0.1, 0.15) is 31.9 Å². The van der Waals surface area contributed by atoms with E-state index < -0.39 is 0 Å². The highest BCUT2D eigenvalue weighted by atomic mass is 15.3. The molecule has 1 aliphatic heterocycles. The third kappa shape index (κ3) is 3.54. The highest BCUT2D eigenvalue weighted by Gasteiger charge is 2.20. The zero-order valence-electron chi connectivity index (χ0n) is 11.0. The standard InChI is InChI=1S/C13H24N4/c1-3-9-17(13-4-7-14-8-5-13)11-12-6-10-16(2)15-12/h6,10,13-14H,3-5,7-9,11H2,1-2H3. The van der Waals surface area contributed by atoms with Gasteiger partial charge < -0.3 is 5.32 Å². The predicted molar refractivity (Wildman–Crippen MR) is 69.8 cm³/mol. The first-order valence-electron chi connectivity index (χ1n) is 6.73. The molecule has 0 amide bonds. The average Bonchev–Trinajstić information content (AvgIpc) is 2.75. The molecule has 0 bridgehead atoms. The second-order valence-corrected chi connectivity index (χ2v) is 4.93. The minimum atomic E-state index is 0.734. The molecular weight excluding hydrogens is 212 g/mol. The maximum absolute atomic E-state index is 4.49. The fourth-order valence-corrected chi connectivity index (χ4v) is 2.61.